The number of hydrogen-bond acceptors (Lipinski definition) is 4. The number of nitrogens with zero attached hydrogens (tertiary/aromatic N) is 2. The maximum Gasteiger partial charge on any atom is 0.0474 e. The van der Waals surface area contributed by atoms with Gasteiger partial charge in [0.15, 0.2) is 0 Å². The van der Waals surface area contributed by atoms with Gasteiger partial charge in [-0.25, -0.2) is 0 Å². The molecule has 0 radical (unpaired) electrons. The smallest absolute Gasteiger partial charge is 0.0474 e. The Kier molecular flexibility index (Phi) is 6.17. The van der Waals surface area contributed by atoms with Gasteiger partial charge in [-0.05, 0) is 20.5 Å². The molecule has 1 aliphatic heterocycles. The van der Waals surface area contributed by atoms with Crippen LogP contribution in [0.25, 0.3) is 0 Å². The van der Waals surface area contributed by atoms with E-state index in [4.69, 9.17) is 4.74 Å². The number of likely N-dealkylation sites (N-methyl/N-ethyl adjacent to an activating group) is 2. The van der Waals surface area contributed by atoms with Crippen molar-refractivity contribution in [2.75, 3.05) is 60.5 Å². The van der Waals surface area contributed by atoms with E-state index in [-0.39, 0.29) is 0 Å². The molecule has 0 spiro atoms. The first-order valence-electron chi connectivity index (χ1n) is 5.84. The molecule has 0 aromatic carbocycles. The van der Waals surface area contributed by atoms with Crippen molar-refractivity contribution in [3.63, 3.8) is 0 Å². The van der Waals surface area contributed by atoms with Gasteiger partial charge in [-0.2, -0.15) is 0 Å². The molecular weight excluding hydrogens is 190 g/mol. The summed E-state index contributed by atoms with van der Waals surface area (Å²) in [6.45, 7) is 6.68. The third kappa shape index (κ3) is 4.47. The van der Waals surface area contributed by atoms with Gasteiger partial charge < -0.3 is 15.0 Å². The van der Waals surface area contributed by atoms with Gasteiger partial charge in [-0.15, -0.1) is 0 Å². The summed E-state index contributed by atoms with van der Waals surface area (Å²) in [5, 5.41) is 3.26. The third-order valence-corrected chi connectivity index (χ3v) is 3.12. The van der Waals surface area contributed by atoms with E-state index >= 15 is 0 Å². The van der Waals surface area contributed by atoms with Crippen molar-refractivity contribution in [3.8, 4) is 0 Å². The zero-order chi connectivity index (χ0) is 11.1. The Morgan fingerprint density at radius 1 is 1.40 bits per heavy atom. The van der Waals surface area contributed by atoms with Gasteiger partial charge in [0.2, 0.25) is 0 Å². The highest BCUT2D eigenvalue weighted by molar-refractivity contribution is 4.81. The van der Waals surface area contributed by atoms with Crippen LogP contribution in [0, 0.1) is 0 Å². The number of hydrogen-bond donors (Lipinski definition) is 1. The summed E-state index contributed by atoms with van der Waals surface area (Å²) in [7, 11) is 6.01. The van der Waals surface area contributed by atoms with Gasteiger partial charge in [0.25, 0.3) is 0 Å². The summed E-state index contributed by atoms with van der Waals surface area (Å²) >= 11 is 0. The molecule has 15 heavy (non-hydrogen) atoms. The third-order valence-electron chi connectivity index (χ3n) is 3.12. The normalized spacial score (nSPS) is 24.6. The molecule has 0 aromatic rings. The molecular formula is C11H25N3O. The van der Waals surface area contributed by atoms with Crippen LogP contribution in [0.3, 0.4) is 0 Å². The fourth-order valence-electron chi connectivity index (χ4n) is 2.10. The molecule has 1 aliphatic rings. The van der Waals surface area contributed by atoms with Crippen molar-refractivity contribution < 1.29 is 4.74 Å². The average Bonchev–Trinajstić information content (AvgIpc) is 2.23. The summed E-state index contributed by atoms with van der Waals surface area (Å²) in [5.74, 6) is 0. The van der Waals surface area contributed by atoms with Crippen LogP contribution >= 0.6 is 0 Å². The van der Waals surface area contributed by atoms with E-state index in [0.29, 0.717) is 6.04 Å². The summed E-state index contributed by atoms with van der Waals surface area (Å²) in [6, 6.07) is 0.659. The largest absolute Gasteiger partial charge is 0.385 e. The molecule has 1 N–H and O–H groups in total. The molecule has 0 saturated carbocycles. The molecule has 4 heteroatoms. The van der Waals surface area contributed by atoms with Crippen molar-refractivity contribution in [3.05, 3.63) is 0 Å². The SMILES string of the molecule is CNCC1CN(CCCOC)CCN1C. The molecule has 1 rings (SSSR count). The van der Waals surface area contributed by atoms with Crippen LogP contribution in [-0.2, 0) is 4.74 Å². The lowest BCUT2D eigenvalue weighted by atomic mass is 10.1. The second-order valence-electron chi connectivity index (χ2n) is 4.34. The fourth-order valence-corrected chi connectivity index (χ4v) is 2.10. The minimum Gasteiger partial charge on any atom is -0.385 e. The van der Waals surface area contributed by atoms with Gasteiger partial charge in [-0.3, -0.25) is 4.90 Å². The van der Waals surface area contributed by atoms with Crippen LogP contribution in [0.1, 0.15) is 6.42 Å². The lowest BCUT2D eigenvalue weighted by Gasteiger charge is -2.39. The van der Waals surface area contributed by atoms with Crippen LogP contribution in [0.15, 0.2) is 0 Å². The zero-order valence-corrected chi connectivity index (χ0v) is 10.3. The van der Waals surface area contributed by atoms with Gasteiger partial charge in [0.1, 0.15) is 0 Å². The maximum atomic E-state index is 5.08. The van der Waals surface area contributed by atoms with Crippen molar-refractivity contribution in [1.82, 2.24) is 15.1 Å². The highest BCUT2D eigenvalue weighted by atomic mass is 16.5. The van der Waals surface area contributed by atoms with Crippen LogP contribution < -0.4 is 5.32 Å². The van der Waals surface area contributed by atoms with Crippen molar-refractivity contribution in [1.29, 1.82) is 0 Å². The van der Waals surface area contributed by atoms with E-state index in [1.807, 2.05) is 7.05 Å². The highest BCUT2D eigenvalue weighted by Gasteiger charge is 2.22. The van der Waals surface area contributed by atoms with Gasteiger partial charge in [0.05, 0.1) is 0 Å². The number of ether oxygens (including phenoxy) is 1. The number of methoxy groups -OCH3 is 1. The standard InChI is InChI=1S/C11H25N3O/c1-12-9-11-10-14(5-4-8-15-3)7-6-13(11)2/h11-12H,4-10H2,1-3H3. The summed E-state index contributed by atoms with van der Waals surface area (Å²) in [5.41, 5.74) is 0. The molecule has 0 aliphatic carbocycles. The van der Waals surface area contributed by atoms with Gasteiger partial charge in [-0.1, -0.05) is 0 Å². The Labute approximate surface area is 93.6 Å². The Balaban J connectivity index is 2.23. The summed E-state index contributed by atoms with van der Waals surface area (Å²) < 4.78 is 5.08. The minimum atomic E-state index is 0.659. The van der Waals surface area contributed by atoms with Crippen LogP contribution in [0.5, 0.6) is 0 Å². The molecule has 4 nitrogen and oxygen atoms in total. The lowest BCUT2D eigenvalue weighted by Crippen LogP contribution is -2.54. The second kappa shape index (κ2) is 7.17. The van der Waals surface area contributed by atoms with E-state index in [2.05, 4.69) is 22.2 Å². The van der Waals surface area contributed by atoms with Crippen molar-refractivity contribution in [2.24, 2.45) is 0 Å². The molecule has 1 heterocycles. The van der Waals surface area contributed by atoms with E-state index in [1.54, 1.807) is 7.11 Å². The molecule has 0 bridgehead atoms. The Hall–Kier alpha value is -0.160. The van der Waals surface area contributed by atoms with E-state index < -0.39 is 0 Å². The lowest BCUT2D eigenvalue weighted by molar-refractivity contribution is 0.0866. The Morgan fingerprint density at radius 3 is 2.87 bits per heavy atom. The molecule has 0 aromatic heterocycles. The zero-order valence-electron chi connectivity index (χ0n) is 10.3. The van der Waals surface area contributed by atoms with E-state index in [1.165, 1.54) is 26.2 Å². The first kappa shape index (κ1) is 12.9. The topological polar surface area (TPSA) is 27.7 Å². The fraction of sp³-hybridized carbons (Fsp3) is 1.00. The predicted octanol–water partition coefficient (Wildman–Crippen LogP) is -0.142. The second-order valence-corrected chi connectivity index (χ2v) is 4.34. The van der Waals surface area contributed by atoms with Crippen LogP contribution in [0.4, 0.5) is 0 Å². The molecule has 1 atom stereocenters. The number of rotatable bonds is 6. The number of nitrogens with one attached hydrogen (secondary N) is 1. The van der Waals surface area contributed by atoms with Crippen molar-refractivity contribution in [2.45, 2.75) is 12.5 Å². The van der Waals surface area contributed by atoms with E-state index in [9.17, 15) is 0 Å². The van der Waals surface area contributed by atoms with Crippen LogP contribution in [-0.4, -0.2) is 76.4 Å². The highest BCUT2D eigenvalue weighted by Crippen LogP contribution is 2.07. The first-order chi connectivity index (χ1) is 7.27. The average molecular weight is 215 g/mol. The van der Waals surface area contributed by atoms with E-state index in [0.717, 1.165) is 19.6 Å². The quantitative estimate of drug-likeness (QED) is 0.624. The monoisotopic (exact) mass is 215 g/mol. The maximum absolute atomic E-state index is 5.08. The van der Waals surface area contributed by atoms with Gasteiger partial charge in [0, 0.05) is 52.5 Å². The molecule has 1 fully saturated rings. The minimum absolute atomic E-state index is 0.659. The predicted molar refractivity (Wildman–Crippen MR) is 63.3 cm³/mol. The van der Waals surface area contributed by atoms with Crippen LogP contribution in [0.2, 0.25) is 0 Å². The molecule has 1 saturated heterocycles. The number of piperazine rings is 1. The first-order valence-corrected chi connectivity index (χ1v) is 5.84. The Morgan fingerprint density at radius 2 is 2.20 bits per heavy atom. The molecule has 90 valence electrons. The van der Waals surface area contributed by atoms with Gasteiger partial charge >= 0.3 is 0 Å². The summed E-state index contributed by atoms with van der Waals surface area (Å²) in [4.78, 5) is 4.99. The molecule has 0 amide bonds. The summed E-state index contributed by atoms with van der Waals surface area (Å²) in [6.07, 6.45) is 1.15. The molecule has 1 unspecified atom stereocenters. The van der Waals surface area contributed by atoms with Crippen molar-refractivity contribution >= 4 is 0 Å². The Bertz CT molecular complexity index is 166.